The third kappa shape index (κ3) is 9.41. The molecule has 182 valence electrons. The fourth-order valence-electron chi connectivity index (χ4n) is 4.04. The molecule has 0 aliphatic carbocycles. The van der Waals surface area contributed by atoms with E-state index in [1.54, 1.807) is 7.11 Å². The van der Waals surface area contributed by atoms with Crippen molar-refractivity contribution in [1.29, 1.82) is 0 Å². The summed E-state index contributed by atoms with van der Waals surface area (Å²) in [6.45, 7) is 5.78. The monoisotopic (exact) mass is 561 g/mol. The Morgan fingerprint density at radius 3 is 2.59 bits per heavy atom. The van der Waals surface area contributed by atoms with Crippen molar-refractivity contribution < 1.29 is 18.9 Å². The van der Waals surface area contributed by atoms with Gasteiger partial charge in [-0.15, -0.1) is 24.0 Å². The molecule has 0 amide bonds. The second-order valence-electron chi connectivity index (χ2n) is 8.24. The fourth-order valence-corrected chi connectivity index (χ4v) is 4.04. The first-order chi connectivity index (χ1) is 15.3. The lowest BCUT2D eigenvalue weighted by molar-refractivity contribution is -0.0721. The van der Waals surface area contributed by atoms with E-state index >= 15 is 0 Å². The number of methoxy groups -OCH3 is 1. The number of hydrogen-bond acceptors (Lipinski definition) is 5. The van der Waals surface area contributed by atoms with E-state index in [9.17, 15) is 0 Å². The second-order valence-corrected chi connectivity index (χ2v) is 8.24. The van der Waals surface area contributed by atoms with Crippen molar-refractivity contribution >= 4 is 29.9 Å². The van der Waals surface area contributed by atoms with Crippen LogP contribution in [0, 0.1) is 0 Å². The van der Waals surface area contributed by atoms with Crippen molar-refractivity contribution in [3.63, 3.8) is 0 Å². The Balaban J connectivity index is 0.00000363. The molecule has 1 unspecified atom stereocenters. The van der Waals surface area contributed by atoms with Crippen molar-refractivity contribution in [1.82, 2.24) is 10.2 Å². The van der Waals surface area contributed by atoms with Gasteiger partial charge in [-0.25, -0.2) is 0 Å². The van der Waals surface area contributed by atoms with Crippen LogP contribution in [0.15, 0.2) is 29.3 Å². The molecule has 1 atom stereocenters. The maximum atomic E-state index is 6.12. The number of halogens is 1. The van der Waals surface area contributed by atoms with Crippen molar-refractivity contribution in [3.05, 3.63) is 29.8 Å². The van der Waals surface area contributed by atoms with Crippen LogP contribution in [-0.2, 0) is 20.8 Å². The van der Waals surface area contributed by atoms with Crippen LogP contribution in [0.5, 0.6) is 5.75 Å². The van der Waals surface area contributed by atoms with Gasteiger partial charge in [0.15, 0.2) is 5.96 Å². The Bertz CT molecular complexity index is 645. The Kier molecular flexibility index (Phi) is 13.3. The minimum atomic E-state index is 0. The maximum Gasteiger partial charge on any atom is 0.193 e. The third-order valence-corrected chi connectivity index (χ3v) is 5.92. The predicted octanol–water partition coefficient (Wildman–Crippen LogP) is 3.85. The Morgan fingerprint density at radius 2 is 1.94 bits per heavy atom. The quantitative estimate of drug-likeness (QED) is 0.203. The molecule has 0 saturated carbocycles. The van der Waals surface area contributed by atoms with Crippen LogP contribution in [0.4, 0.5) is 0 Å². The molecule has 0 bridgehead atoms. The van der Waals surface area contributed by atoms with Gasteiger partial charge < -0.3 is 29.2 Å². The fraction of sp³-hybridized carbons (Fsp3) is 0.708. The van der Waals surface area contributed by atoms with Crippen molar-refractivity contribution in [2.24, 2.45) is 4.99 Å². The van der Waals surface area contributed by atoms with E-state index in [-0.39, 0.29) is 24.0 Å². The summed E-state index contributed by atoms with van der Waals surface area (Å²) in [5.74, 6) is 1.84. The smallest absolute Gasteiger partial charge is 0.193 e. The summed E-state index contributed by atoms with van der Waals surface area (Å²) in [7, 11) is 3.53. The van der Waals surface area contributed by atoms with Gasteiger partial charge in [0.05, 0.1) is 32.5 Å². The number of hydrogen-bond donors (Lipinski definition) is 1. The number of rotatable bonds is 10. The lowest BCUT2D eigenvalue weighted by Gasteiger charge is -2.35. The molecule has 2 saturated heterocycles. The Labute approximate surface area is 210 Å². The Morgan fingerprint density at radius 1 is 1.16 bits per heavy atom. The molecule has 2 fully saturated rings. The highest BCUT2D eigenvalue weighted by molar-refractivity contribution is 14.0. The van der Waals surface area contributed by atoms with E-state index in [4.69, 9.17) is 18.9 Å². The minimum Gasteiger partial charge on any atom is -0.497 e. The lowest BCUT2D eigenvalue weighted by atomic mass is 10.1. The zero-order valence-corrected chi connectivity index (χ0v) is 21.9. The summed E-state index contributed by atoms with van der Waals surface area (Å²) in [5, 5.41) is 3.47. The van der Waals surface area contributed by atoms with Crippen molar-refractivity contribution in [2.75, 3.05) is 53.6 Å². The minimum absolute atomic E-state index is 0. The summed E-state index contributed by atoms with van der Waals surface area (Å²) in [5.41, 5.74) is 1.16. The molecule has 1 N–H and O–H groups in total. The number of nitrogens with one attached hydrogen (secondary N) is 1. The molecule has 3 rings (SSSR count). The van der Waals surface area contributed by atoms with Gasteiger partial charge in [0.1, 0.15) is 5.75 Å². The molecule has 7 nitrogen and oxygen atoms in total. The van der Waals surface area contributed by atoms with Gasteiger partial charge in [-0.2, -0.15) is 0 Å². The molecule has 0 aromatic heterocycles. The van der Waals surface area contributed by atoms with Crippen LogP contribution in [0.3, 0.4) is 0 Å². The van der Waals surface area contributed by atoms with Crippen LogP contribution in [0.2, 0.25) is 0 Å². The normalized spacial score (nSPS) is 20.0. The van der Waals surface area contributed by atoms with Gasteiger partial charge in [0.25, 0.3) is 0 Å². The highest BCUT2D eigenvalue weighted by atomic mass is 127. The van der Waals surface area contributed by atoms with Crippen LogP contribution in [0.1, 0.15) is 44.1 Å². The number of piperidine rings is 1. The van der Waals surface area contributed by atoms with Crippen molar-refractivity contribution in [3.8, 4) is 5.75 Å². The second kappa shape index (κ2) is 15.7. The molecule has 1 aromatic carbocycles. The number of aliphatic imine (C=N–C) groups is 1. The molecule has 2 heterocycles. The van der Waals surface area contributed by atoms with E-state index in [1.807, 2.05) is 31.3 Å². The van der Waals surface area contributed by atoms with Crippen LogP contribution in [0.25, 0.3) is 0 Å². The van der Waals surface area contributed by atoms with Gasteiger partial charge in [-0.05, 0) is 56.2 Å². The highest BCUT2D eigenvalue weighted by Crippen LogP contribution is 2.18. The molecule has 2 aliphatic rings. The van der Waals surface area contributed by atoms with E-state index in [0.717, 1.165) is 82.4 Å². The molecular weight excluding hydrogens is 521 g/mol. The zero-order valence-electron chi connectivity index (χ0n) is 19.6. The van der Waals surface area contributed by atoms with Crippen LogP contribution in [-0.4, -0.2) is 76.7 Å². The summed E-state index contributed by atoms with van der Waals surface area (Å²) < 4.78 is 22.9. The summed E-state index contributed by atoms with van der Waals surface area (Å²) in [6.07, 6.45) is 7.25. The lowest BCUT2D eigenvalue weighted by Crippen LogP contribution is -2.47. The average Bonchev–Trinajstić information content (AvgIpc) is 2.84. The van der Waals surface area contributed by atoms with Gasteiger partial charge in [-0.1, -0.05) is 12.1 Å². The first kappa shape index (κ1) is 27.1. The number of ether oxygens (including phenoxy) is 4. The van der Waals surface area contributed by atoms with Crippen molar-refractivity contribution in [2.45, 2.75) is 57.3 Å². The molecule has 32 heavy (non-hydrogen) atoms. The first-order valence-electron chi connectivity index (χ1n) is 11.7. The van der Waals surface area contributed by atoms with Gasteiger partial charge >= 0.3 is 0 Å². The standard InChI is InChI=1S/C24H39N3O4.HI/c1-25-24(26-13-5-16-29-18-20-7-9-21(28-2)10-8-20)27-14-11-22(12-15-27)31-19-23-6-3-4-17-30-23;/h7-10,22-23H,3-6,11-19H2,1-2H3,(H,25,26);1H. The summed E-state index contributed by atoms with van der Waals surface area (Å²) in [6, 6.07) is 7.99. The topological polar surface area (TPSA) is 64.6 Å². The molecule has 8 heteroatoms. The van der Waals surface area contributed by atoms with E-state index in [1.165, 1.54) is 12.8 Å². The van der Waals surface area contributed by atoms with E-state index < -0.39 is 0 Å². The Hall–Kier alpha value is -1.10. The molecule has 2 aliphatic heterocycles. The summed E-state index contributed by atoms with van der Waals surface area (Å²) in [4.78, 5) is 6.78. The number of likely N-dealkylation sites (tertiary alicyclic amines) is 1. The van der Waals surface area contributed by atoms with Gasteiger partial charge in [-0.3, -0.25) is 4.99 Å². The molecule has 1 aromatic rings. The zero-order chi connectivity index (χ0) is 21.7. The molecule has 0 radical (unpaired) electrons. The predicted molar refractivity (Wildman–Crippen MR) is 138 cm³/mol. The van der Waals surface area contributed by atoms with E-state index in [2.05, 4.69) is 15.2 Å². The number of guanidine groups is 1. The SMILES string of the molecule is CN=C(NCCCOCc1ccc(OC)cc1)N1CCC(OCC2CCCCO2)CC1.I. The van der Waals surface area contributed by atoms with Crippen LogP contribution >= 0.6 is 24.0 Å². The van der Waals surface area contributed by atoms with Gasteiger partial charge in [0.2, 0.25) is 0 Å². The summed E-state index contributed by atoms with van der Waals surface area (Å²) >= 11 is 0. The largest absolute Gasteiger partial charge is 0.497 e. The highest BCUT2D eigenvalue weighted by Gasteiger charge is 2.23. The molecule has 0 spiro atoms. The number of nitrogens with zero attached hydrogens (tertiary/aromatic N) is 2. The maximum absolute atomic E-state index is 6.12. The van der Waals surface area contributed by atoms with Gasteiger partial charge in [0, 0.05) is 39.9 Å². The first-order valence-corrected chi connectivity index (χ1v) is 11.7. The average molecular weight is 562 g/mol. The van der Waals surface area contributed by atoms with Crippen LogP contribution < -0.4 is 10.1 Å². The third-order valence-electron chi connectivity index (χ3n) is 5.92. The number of benzene rings is 1. The van der Waals surface area contributed by atoms with E-state index in [0.29, 0.717) is 18.8 Å². The molecular formula is C24H40IN3O4.